The summed E-state index contributed by atoms with van der Waals surface area (Å²) in [6.45, 7) is 3.27. The average molecular weight is 370 g/mol. The quantitative estimate of drug-likeness (QED) is 0.794. The highest BCUT2D eigenvalue weighted by atomic mass is 32.2. The van der Waals surface area contributed by atoms with Crippen molar-refractivity contribution in [3.63, 3.8) is 0 Å². The molecule has 2 aliphatic heterocycles. The lowest BCUT2D eigenvalue weighted by Gasteiger charge is -2.32. The molecule has 2 aliphatic rings. The number of fused-ring (bicyclic) bond motifs is 1. The van der Waals surface area contributed by atoms with E-state index in [9.17, 15) is 8.60 Å². The third-order valence-corrected chi connectivity index (χ3v) is 6.45. The van der Waals surface area contributed by atoms with Crippen molar-refractivity contribution < 1.29 is 8.60 Å². The monoisotopic (exact) mass is 370 g/mol. The molecule has 0 amide bonds. The second-order valence-electron chi connectivity index (χ2n) is 7.20. The highest BCUT2D eigenvalue weighted by molar-refractivity contribution is 7.99. The Bertz CT molecular complexity index is 826. The molecule has 0 aromatic heterocycles. The number of benzene rings is 2. The van der Waals surface area contributed by atoms with Crippen LogP contribution in [0, 0.1) is 11.7 Å². The van der Waals surface area contributed by atoms with E-state index in [0.717, 1.165) is 43.1 Å². The van der Waals surface area contributed by atoms with E-state index in [-0.39, 0.29) is 5.82 Å². The molecule has 26 heavy (non-hydrogen) atoms. The molecule has 1 unspecified atom stereocenters. The van der Waals surface area contributed by atoms with Crippen LogP contribution in [0.5, 0.6) is 0 Å². The highest BCUT2D eigenvalue weighted by Crippen LogP contribution is 2.28. The lowest BCUT2D eigenvalue weighted by atomic mass is 9.90. The van der Waals surface area contributed by atoms with Crippen molar-refractivity contribution >= 4 is 22.0 Å². The van der Waals surface area contributed by atoms with Crippen molar-refractivity contribution in [3.05, 3.63) is 59.4 Å². The highest BCUT2D eigenvalue weighted by Gasteiger charge is 2.20. The van der Waals surface area contributed by atoms with Crippen molar-refractivity contribution in [2.24, 2.45) is 10.9 Å². The van der Waals surface area contributed by atoms with Gasteiger partial charge in [-0.15, -0.1) is 0 Å². The number of hydrogen-bond acceptors (Lipinski definition) is 3. The van der Waals surface area contributed by atoms with E-state index in [1.165, 1.54) is 29.5 Å². The molecule has 0 saturated carbocycles. The lowest BCUT2D eigenvalue weighted by molar-refractivity contribution is 0.186. The zero-order valence-electron chi connectivity index (χ0n) is 14.7. The summed E-state index contributed by atoms with van der Waals surface area (Å²) >= 11 is 0. The molecule has 0 N–H and O–H groups in total. The van der Waals surface area contributed by atoms with Crippen molar-refractivity contribution in [2.45, 2.75) is 30.6 Å². The van der Waals surface area contributed by atoms with Gasteiger partial charge in [0.2, 0.25) is 0 Å². The number of aliphatic imine (C=N–C) groups is 1. The average Bonchev–Trinajstić information content (AvgIpc) is 3.04. The van der Waals surface area contributed by atoms with Crippen molar-refractivity contribution in [1.29, 1.82) is 0 Å². The van der Waals surface area contributed by atoms with E-state index < -0.39 is 10.8 Å². The van der Waals surface area contributed by atoms with E-state index in [0.29, 0.717) is 5.92 Å². The van der Waals surface area contributed by atoms with Gasteiger partial charge >= 0.3 is 0 Å². The summed E-state index contributed by atoms with van der Waals surface area (Å²) in [7, 11) is -1.07. The first-order valence-electron chi connectivity index (χ1n) is 9.22. The van der Waals surface area contributed by atoms with Crippen molar-refractivity contribution in [2.75, 3.05) is 19.6 Å². The fourth-order valence-corrected chi connectivity index (χ4v) is 4.72. The van der Waals surface area contributed by atoms with Gasteiger partial charge in [-0.05, 0) is 80.1 Å². The second kappa shape index (κ2) is 7.80. The molecule has 2 heterocycles. The minimum absolute atomic E-state index is 0.162. The first kappa shape index (κ1) is 17.6. The minimum Gasteiger partial charge on any atom is -0.303 e. The molecule has 0 spiro atoms. The molecule has 1 atom stereocenters. The van der Waals surface area contributed by atoms with Gasteiger partial charge < -0.3 is 4.90 Å². The largest absolute Gasteiger partial charge is 0.303 e. The topological polar surface area (TPSA) is 32.7 Å². The van der Waals surface area contributed by atoms with Crippen LogP contribution in [0.25, 0.3) is 0 Å². The van der Waals surface area contributed by atoms with Gasteiger partial charge in [-0.2, -0.15) is 0 Å². The molecule has 1 saturated heterocycles. The Balaban J connectivity index is 1.25. The summed E-state index contributed by atoms with van der Waals surface area (Å²) in [5.41, 5.74) is 4.82. The minimum atomic E-state index is -1.07. The maximum absolute atomic E-state index is 13.0. The van der Waals surface area contributed by atoms with Gasteiger partial charge in [-0.1, -0.05) is 18.2 Å². The molecule has 5 heteroatoms. The SMILES string of the molecule is O=S1C=Nc2ccc(CCN3CCC(Cc4ccc(F)cc4)CC3)cc21. The first-order chi connectivity index (χ1) is 12.7. The number of rotatable bonds is 5. The summed E-state index contributed by atoms with van der Waals surface area (Å²) in [4.78, 5) is 7.53. The molecular weight excluding hydrogens is 347 g/mol. The van der Waals surface area contributed by atoms with Crippen LogP contribution in [0.1, 0.15) is 24.0 Å². The van der Waals surface area contributed by atoms with E-state index in [1.807, 2.05) is 24.3 Å². The molecule has 3 nitrogen and oxygen atoms in total. The summed E-state index contributed by atoms with van der Waals surface area (Å²) in [5, 5.41) is 0. The van der Waals surface area contributed by atoms with E-state index in [4.69, 9.17) is 0 Å². The molecule has 4 rings (SSSR count). The van der Waals surface area contributed by atoms with Crippen LogP contribution in [0.3, 0.4) is 0 Å². The molecule has 2 aromatic rings. The van der Waals surface area contributed by atoms with Crippen LogP contribution in [-0.4, -0.2) is 34.3 Å². The predicted octanol–water partition coefficient (Wildman–Crippen LogP) is 4.10. The van der Waals surface area contributed by atoms with Crippen LogP contribution in [0.4, 0.5) is 10.1 Å². The molecule has 0 aliphatic carbocycles. The maximum Gasteiger partial charge on any atom is 0.123 e. The second-order valence-corrected chi connectivity index (χ2v) is 8.45. The van der Waals surface area contributed by atoms with Crippen LogP contribution < -0.4 is 0 Å². The third-order valence-electron chi connectivity index (χ3n) is 5.39. The normalized spacial score (nSPS) is 20.4. The summed E-state index contributed by atoms with van der Waals surface area (Å²) in [5.74, 6) is 0.529. The van der Waals surface area contributed by atoms with Crippen molar-refractivity contribution in [3.8, 4) is 0 Å². The fraction of sp³-hybridized carbons (Fsp3) is 0.381. The lowest BCUT2D eigenvalue weighted by Crippen LogP contribution is -2.35. The van der Waals surface area contributed by atoms with E-state index in [1.54, 1.807) is 12.1 Å². The van der Waals surface area contributed by atoms with Gasteiger partial charge in [0, 0.05) is 6.54 Å². The summed E-state index contributed by atoms with van der Waals surface area (Å²) in [6.07, 6.45) is 4.41. The zero-order chi connectivity index (χ0) is 17.9. The Labute approximate surface area is 156 Å². The molecule has 1 fully saturated rings. The van der Waals surface area contributed by atoms with E-state index in [2.05, 4.69) is 16.0 Å². The fourth-order valence-electron chi connectivity index (χ4n) is 3.80. The van der Waals surface area contributed by atoms with Crippen LogP contribution in [0.15, 0.2) is 52.4 Å². The number of piperidine rings is 1. The van der Waals surface area contributed by atoms with Gasteiger partial charge in [0.1, 0.15) is 5.82 Å². The first-order valence-corrected chi connectivity index (χ1v) is 10.4. The van der Waals surface area contributed by atoms with Gasteiger partial charge in [-0.3, -0.25) is 0 Å². The molecule has 136 valence electrons. The summed E-state index contributed by atoms with van der Waals surface area (Å²) < 4.78 is 24.9. The van der Waals surface area contributed by atoms with Crippen LogP contribution >= 0.6 is 0 Å². The molecule has 0 radical (unpaired) electrons. The Morgan fingerprint density at radius 3 is 2.58 bits per heavy atom. The molecule has 0 bridgehead atoms. The number of likely N-dealkylation sites (tertiary alicyclic amines) is 1. The number of nitrogens with zero attached hydrogens (tertiary/aromatic N) is 2. The summed E-state index contributed by atoms with van der Waals surface area (Å²) in [6, 6.07) is 13.0. The van der Waals surface area contributed by atoms with Gasteiger partial charge in [-0.25, -0.2) is 13.6 Å². The zero-order valence-corrected chi connectivity index (χ0v) is 15.6. The van der Waals surface area contributed by atoms with Gasteiger partial charge in [0.05, 0.1) is 26.9 Å². The van der Waals surface area contributed by atoms with Crippen molar-refractivity contribution in [1.82, 2.24) is 4.90 Å². The van der Waals surface area contributed by atoms with E-state index >= 15 is 0 Å². The van der Waals surface area contributed by atoms with Crippen LogP contribution in [-0.2, 0) is 23.6 Å². The third kappa shape index (κ3) is 4.10. The Morgan fingerprint density at radius 1 is 1.08 bits per heavy atom. The standard InChI is InChI=1S/C21H23FN2OS/c22-19-4-1-16(2-5-19)13-18-8-11-24(12-9-18)10-7-17-3-6-20-21(14-17)26(25)15-23-20/h1-6,14-15,18H,7-13H2. The van der Waals surface area contributed by atoms with Gasteiger partial charge in [0.25, 0.3) is 0 Å². The Morgan fingerprint density at radius 2 is 1.81 bits per heavy atom. The Hall–Kier alpha value is -1.85. The smallest absolute Gasteiger partial charge is 0.123 e. The van der Waals surface area contributed by atoms with Crippen LogP contribution in [0.2, 0.25) is 0 Å². The Kier molecular flexibility index (Phi) is 5.27. The maximum atomic E-state index is 13.0. The number of hydrogen-bond donors (Lipinski definition) is 0. The molecular formula is C21H23FN2OS. The molecule has 2 aromatic carbocycles. The number of halogens is 1. The van der Waals surface area contributed by atoms with Gasteiger partial charge in [0.15, 0.2) is 0 Å². The predicted molar refractivity (Wildman–Crippen MR) is 104 cm³/mol.